The first-order valence-electron chi connectivity index (χ1n) is 5.15. The van der Waals surface area contributed by atoms with Crippen molar-refractivity contribution in [2.75, 3.05) is 14.2 Å². The SMILES string of the molecule is COc1cc(OC)nc(Sc2cccc(O)c2)n1. The van der Waals surface area contributed by atoms with E-state index in [1.54, 1.807) is 24.3 Å². The molecule has 1 aromatic heterocycles. The van der Waals surface area contributed by atoms with E-state index in [-0.39, 0.29) is 5.75 Å². The van der Waals surface area contributed by atoms with Gasteiger partial charge in [0.05, 0.1) is 20.3 Å². The van der Waals surface area contributed by atoms with Crippen molar-refractivity contribution in [2.24, 2.45) is 0 Å². The lowest BCUT2D eigenvalue weighted by molar-refractivity contribution is 0.364. The number of phenolic OH excluding ortho intramolecular Hbond substituents is 1. The van der Waals surface area contributed by atoms with Gasteiger partial charge in [0, 0.05) is 4.90 Å². The smallest absolute Gasteiger partial charge is 0.220 e. The summed E-state index contributed by atoms with van der Waals surface area (Å²) in [6.07, 6.45) is 0. The number of hydrogen-bond acceptors (Lipinski definition) is 6. The van der Waals surface area contributed by atoms with Crippen molar-refractivity contribution in [2.45, 2.75) is 10.1 Å². The average Bonchev–Trinajstić information content (AvgIpc) is 2.38. The molecule has 0 bridgehead atoms. The highest BCUT2D eigenvalue weighted by molar-refractivity contribution is 7.99. The number of methoxy groups -OCH3 is 2. The molecule has 1 N–H and O–H groups in total. The highest BCUT2D eigenvalue weighted by Gasteiger charge is 2.07. The van der Waals surface area contributed by atoms with E-state index >= 15 is 0 Å². The van der Waals surface area contributed by atoms with Crippen molar-refractivity contribution in [3.8, 4) is 17.5 Å². The van der Waals surface area contributed by atoms with E-state index in [2.05, 4.69) is 9.97 Å². The highest BCUT2D eigenvalue weighted by atomic mass is 32.2. The summed E-state index contributed by atoms with van der Waals surface area (Å²) in [5, 5.41) is 9.89. The number of aromatic hydroxyl groups is 1. The van der Waals surface area contributed by atoms with Gasteiger partial charge in [0.1, 0.15) is 5.75 Å². The normalized spacial score (nSPS) is 10.1. The molecule has 5 nitrogen and oxygen atoms in total. The minimum absolute atomic E-state index is 0.204. The van der Waals surface area contributed by atoms with Gasteiger partial charge in [-0.25, -0.2) is 0 Å². The molecule has 94 valence electrons. The van der Waals surface area contributed by atoms with Crippen molar-refractivity contribution in [1.82, 2.24) is 9.97 Å². The molecule has 6 heteroatoms. The molecular weight excluding hydrogens is 252 g/mol. The largest absolute Gasteiger partial charge is 0.508 e. The highest BCUT2D eigenvalue weighted by Crippen LogP contribution is 2.29. The third-order valence-electron chi connectivity index (χ3n) is 2.10. The van der Waals surface area contributed by atoms with Crippen LogP contribution < -0.4 is 9.47 Å². The van der Waals surface area contributed by atoms with Crippen molar-refractivity contribution in [1.29, 1.82) is 0 Å². The second-order valence-corrected chi connectivity index (χ2v) is 4.38. The third-order valence-corrected chi connectivity index (χ3v) is 2.96. The first-order chi connectivity index (χ1) is 8.71. The van der Waals surface area contributed by atoms with Gasteiger partial charge in [-0.05, 0) is 30.0 Å². The summed E-state index contributed by atoms with van der Waals surface area (Å²) >= 11 is 1.32. The zero-order valence-corrected chi connectivity index (χ0v) is 10.8. The monoisotopic (exact) mass is 264 g/mol. The molecule has 0 spiro atoms. The standard InChI is InChI=1S/C12H12N2O3S/c1-16-10-7-11(17-2)14-12(13-10)18-9-5-3-4-8(15)6-9/h3-7,15H,1-2H3. The molecule has 0 aliphatic carbocycles. The van der Waals surface area contributed by atoms with Crippen LogP contribution in [-0.2, 0) is 0 Å². The zero-order chi connectivity index (χ0) is 13.0. The molecule has 1 aromatic carbocycles. The van der Waals surface area contributed by atoms with Crippen LogP contribution in [0.3, 0.4) is 0 Å². The molecule has 0 atom stereocenters. The van der Waals surface area contributed by atoms with Gasteiger partial charge in [0.15, 0.2) is 5.16 Å². The maximum absolute atomic E-state index is 9.39. The summed E-state index contributed by atoms with van der Waals surface area (Å²) in [5.74, 6) is 1.07. The Morgan fingerprint density at radius 1 is 1.06 bits per heavy atom. The number of aromatic nitrogens is 2. The van der Waals surface area contributed by atoms with Crippen LogP contribution in [0.1, 0.15) is 0 Å². The van der Waals surface area contributed by atoms with Crippen molar-refractivity contribution < 1.29 is 14.6 Å². The van der Waals surface area contributed by atoms with Gasteiger partial charge in [0.2, 0.25) is 11.8 Å². The lowest BCUT2D eigenvalue weighted by Crippen LogP contribution is -1.95. The molecule has 18 heavy (non-hydrogen) atoms. The molecule has 0 radical (unpaired) electrons. The van der Waals surface area contributed by atoms with Crippen LogP contribution >= 0.6 is 11.8 Å². The van der Waals surface area contributed by atoms with Gasteiger partial charge in [-0.15, -0.1) is 0 Å². The lowest BCUT2D eigenvalue weighted by Gasteiger charge is -2.06. The minimum atomic E-state index is 0.204. The van der Waals surface area contributed by atoms with E-state index in [0.29, 0.717) is 16.9 Å². The average molecular weight is 264 g/mol. The van der Waals surface area contributed by atoms with Crippen LogP contribution in [0.25, 0.3) is 0 Å². The lowest BCUT2D eigenvalue weighted by atomic mass is 10.3. The van der Waals surface area contributed by atoms with Gasteiger partial charge < -0.3 is 14.6 Å². The van der Waals surface area contributed by atoms with Crippen LogP contribution in [0.5, 0.6) is 17.5 Å². The number of ether oxygens (including phenoxy) is 2. The Morgan fingerprint density at radius 3 is 2.28 bits per heavy atom. The van der Waals surface area contributed by atoms with E-state index in [4.69, 9.17) is 9.47 Å². The van der Waals surface area contributed by atoms with Gasteiger partial charge in [-0.2, -0.15) is 9.97 Å². The summed E-state index contributed by atoms with van der Waals surface area (Å²) in [6, 6.07) is 8.47. The molecular formula is C12H12N2O3S. The summed E-state index contributed by atoms with van der Waals surface area (Å²) in [6.45, 7) is 0. The molecule has 2 aromatic rings. The van der Waals surface area contributed by atoms with Crippen LogP contribution in [0.2, 0.25) is 0 Å². The Balaban J connectivity index is 2.28. The fourth-order valence-corrected chi connectivity index (χ4v) is 2.10. The number of benzene rings is 1. The zero-order valence-electron chi connectivity index (χ0n) is 9.95. The Kier molecular flexibility index (Phi) is 3.88. The van der Waals surface area contributed by atoms with Gasteiger partial charge in [-0.1, -0.05) is 6.07 Å². The molecule has 1 heterocycles. The Labute approximate surface area is 109 Å². The van der Waals surface area contributed by atoms with Crippen LogP contribution in [0.15, 0.2) is 40.4 Å². The topological polar surface area (TPSA) is 64.5 Å². The fraction of sp³-hybridized carbons (Fsp3) is 0.167. The predicted molar refractivity (Wildman–Crippen MR) is 67.4 cm³/mol. The second-order valence-electron chi connectivity index (χ2n) is 3.33. The van der Waals surface area contributed by atoms with Crippen LogP contribution in [0.4, 0.5) is 0 Å². The van der Waals surface area contributed by atoms with E-state index in [1.807, 2.05) is 6.07 Å². The summed E-state index contributed by atoms with van der Waals surface area (Å²) in [5.41, 5.74) is 0. The molecule has 0 amide bonds. The third kappa shape index (κ3) is 3.04. The van der Waals surface area contributed by atoms with Crippen LogP contribution in [-0.4, -0.2) is 29.3 Å². The van der Waals surface area contributed by atoms with Crippen molar-refractivity contribution >= 4 is 11.8 Å². The molecule has 0 saturated heterocycles. The maximum atomic E-state index is 9.39. The first-order valence-corrected chi connectivity index (χ1v) is 5.97. The van der Waals surface area contributed by atoms with E-state index < -0.39 is 0 Å². The molecule has 0 fully saturated rings. The maximum Gasteiger partial charge on any atom is 0.220 e. The predicted octanol–water partition coefficient (Wildman–Crippen LogP) is 2.35. The molecule has 0 saturated carbocycles. The van der Waals surface area contributed by atoms with E-state index in [9.17, 15) is 5.11 Å². The summed E-state index contributed by atoms with van der Waals surface area (Å²) < 4.78 is 10.1. The Hall–Kier alpha value is -1.95. The van der Waals surface area contributed by atoms with E-state index in [1.165, 1.54) is 26.0 Å². The summed E-state index contributed by atoms with van der Waals surface area (Å²) in [7, 11) is 3.06. The Morgan fingerprint density at radius 2 is 1.72 bits per heavy atom. The van der Waals surface area contributed by atoms with E-state index in [0.717, 1.165) is 4.90 Å². The Bertz CT molecular complexity index is 526. The molecule has 0 unspecified atom stereocenters. The van der Waals surface area contributed by atoms with Crippen molar-refractivity contribution in [3.05, 3.63) is 30.3 Å². The number of nitrogens with zero attached hydrogens (tertiary/aromatic N) is 2. The first kappa shape index (κ1) is 12.5. The minimum Gasteiger partial charge on any atom is -0.508 e. The number of rotatable bonds is 4. The fourth-order valence-electron chi connectivity index (χ4n) is 1.29. The molecule has 2 rings (SSSR count). The van der Waals surface area contributed by atoms with Gasteiger partial charge >= 0.3 is 0 Å². The number of hydrogen-bond donors (Lipinski definition) is 1. The molecule has 0 aliphatic heterocycles. The number of phenols is 1. The van der Waals surface area contributed by atoms with Gasteiger partial charge in [-0.3, -0.25) is 0 Å². The van der Waals surface area contributed by atoms with Crippen LogP contribution in [0, 0.1) is 0 Å². The molecule has 0 aliphatic rings. The summed E-state index contributed by atoms with van der Waals surface area (Å²) in [4.78, 5) is 9.22. The quantitative estimate of drug-likeness (QED) is 0.855. The van der Waals surface area contributed by atoms with Gasteiger partial charge in [0.25, 0.3) is 0 Å². The second kappa shape index (κ2) is 5.59. The van der Waals surface area contributed by atoms with Crippen molar-refractivity contribution in [3.63, 3.8) is 0 Å².